The molecule has 1 unspecified atom stereocenters. The van der Waals surface area contributed by atoms with Crippen molar-refractivity contribution in [3.05, 3.63) is 48.0 Å². The second-order valence-electron chi connectivity index (χ2n) is 10.2. The molecule has 0 radical (unpaired) electrons. The van der Waals surface area contributed by atoms with Gasteiger partial charge in [-0.1, -0.05) is 38.3 Å². The lowest BCUT2D eigenvalue weighted by atomic mass is 9.95. The van der Waals surface area contributed by atoms with Gasteiger partial charge in [-0.25, -0.2) is 8.42 Å². The lowest BCUT2D eigenvalue weighted by Crippen LogP contribution is -2.53. The van der Waals surface area contributed by atoms with Gasteiger partial charge in [0.25, 0.3) is 0 Å². The maximum absolute atomic E-state index is 14.0. The highest BCUT2D eigenvalue weighted by atomic mass is 32.2. The molecule has 4 rings (SSSR count). The van der Waals surface area contributed by atoms with Crippen molar-refractivity contribution in [3.63, 3.8) is 0 Å². The van der Waals surface area contributed by atoms with Crippen LogP contribution in [0.25, 0.3) is 0 Å². The molecular weight excluding hydrogens is 534 g/mol. The number of fused-ring (bicyclic) bond motifs is 1. The van der Waals surface area contributed by atoms with Crippen molar-refractivity contribution < 1.29 is 32.2 Å². The highest BCUT2D eigenvalue weighted by molar-refractivity contribution is 7.92. The molecule has 0 saturated heterocycles. The van der Waals surface area contributed by atoms with E-state index in [-0.39, 0.29) is 24.2 Å². The Morgan fingerprint density at radius 1 is 1.05 bits per heavy atom. The summed E-state index contributed by atoms with van der Waals surface area (Å²) in [5, 5.41) is 3.14. The van der Waals surface area contributed by atoms with Gasteiger partial charge in [-0.15, -0.1) is 0 Å². The third-order valence-corrected chi connectivity index (χ3v) is 8.46. The fourth-order valence-electron chi connectivity index (χ4n) is 5.23. The number of nitrogens with zero attached hydrogens (tertiary/aromatic N) is 2. The van der Waals surface area contributed by atoms with Crippen LogP contribution in [0.5, 0.6) is 17.2 Å². The molecule has 0 spiro atoms. The van der Waals surface area contributed by atoms with Crippen LogP contribution in [0.4, 0.5) is 5.69 Å². The third-order valence-electron chi connectivity index (χ3n) is 7.32. The number of rotatable bonds is 11. The first-order valence-corrected chi connectivity index (χ1v) is 15.6. The standard InChI is InChI=1S/C29H39N3O7S/c1-4-25(29(34)30-22-10-6-5-7-11-22)31(19-21-9-8-12-24(17-21)37-2)28(33)20-32(40(3,35)36)23-13-14-26-27(18-23)39-16-15-38-26/h8-9,12-14,17-18,22,25H,4-7,10-11,15-16,19-20H2,1-3H3,(H,30,34). The molecule has 40 heavy (non-hydrogen) atoms. The Morgan fingerprint density at radius 3 is 2.45 bits per heavy atom. The Labute approximate surface area is 236 Å². The summed E-state index contributed by atoms with van der Waals surface area (Å²) in [7, 11) is -2.30. The topological polar surface area (TPSA) is 114 Å². The number of ether oxygens (including phenoxy) is 3. The van der Waals surface area contributed by atoms with E-state index in [9.17, 15) is 18.0 Å². The van der Waals surface area contributed by atoms with Crippen LogP contribution in [-0.2, 0) is 26.2 Å². The number of hydrogen-bond donors (Lipinski definition) is 1. The van der Waals surface area contributed by atoms with Crippen LogP contribution >= 0.6 is 0 Å². The Bertz CT molecular complexity index is 1290. The number of nitrogens with one attached hydrogen (secondary N) is 1. The molecule has 1 fully saturated rings. The minimum absolute atomic E-state index is 0.0781. The summed E-state index contributed by atoms with van der Waals surface area (Å²) in [6.07, 6.45) is 6.54. The molecule has 1 N–H and O–H groups in total. The smallest absolute Gasteiger partial charge is 0.244 e. The van der Waals surface area contributed by atoms with E-state index in [1.165, 1.54) is 4.90 Å². The van der Waals surface area contributed by atoms with Gasteiger partial charge in [0.2, 0.25) is 21.8 Å². The van der Waals surface area contributed by atoms with Crippen LogP contribution in [0.15, 0.2) is 42.5 Å². The summed E-state index contributed by atoms with van der Waals surface area (Å²) in [5.74, 6) is 0.833. The number of carbonyl (C=O) groups excluding carboxylic acids is 2. The summed E-state index contributed by atoms with van der Waals surface area (Å²) in [5.41, 5.74) is 1.04. The molecule has 218 valence electrons. The summed E-state index contributed by atoms with van der Waals surface area (Å²) in [6.45, 7) is 2.24. The van der Waals surface area contributed by atoms with Crippen molar-refractivity contribution in [1.82, 2.24) is 10.2 Å². The number of amides is 2. The normalized spacial score (nSPS) is 16.1. The minimum Gasteiger partial charge on any atom is -0.497 e. The van der Waals surface area contributed by atoms with Gasteiger partial charge < -0.3 is 24.4 Å². The highest BCUT2D eigenvalue weighted by Crippen LogP contribution is 2.35. The highest BCUT2D eigenvalue weighted by Gasteiger charge is 2.33. The average Bonchev–Trinajstić information content (AvgIpc) is 2.95. The Balaban J connectivity index is 1.63. The summed E-state index contributed by atoms with van der Waals surface area (Å²) in [6, 6.07) is 11.4. The average molecular weight is 574 g/mol. The summed E-state index contributed by atoms with van der Waals surface area (Å²) >= 11 is 0. The van der Waals surface area contributed by atoms with Crippen molar-refractivity contribution in [2.75, 3.05) is 37.4 Å². The van der Waals surface area contributed by atoms with E-state index in [2.05, 4.69) is 5.32 Å². The molecule has 1 heterocycles. The molecule has 2 aromatic rings. The predicted octanol–water partition coefficient (Wildman–Crippen LogP) is 3.49. The van der Waals surface area contributed by atoms with Gasteiger partial charge in [0.05, 0.1) is 19.1 Å². The van der Waals surface area contributed by atoms with Gasteiger partial charge in [-0.3, -0.25) is 13.9 Å². The van der Waals surface area contributed by atoms with Gasteiger partial charge in [-0.2, -0.15) is 0 Å². The van der Waals surface area contributed by atoms with Crippen LogP contribution in [0.2, 0.25) is 0 Å². The first-order valence-electron chi connectivity index (χ1n) is 13.8. The van der Waals surface area contributed by atoms with E-state index < -0.39 is 28.5 Å². The summed E-state index contributed by atoms with van der Waals surface area (Å²) in [4.78, 5) is 29.0. The zero-order valence-corrected chi connectivity index (χ0v) is 24.2. The third kappa shape index (κ3) is 7.38. The van der Waals surface area contributed by atoms with Gasteiger partial charge in [0.15, 0.2) is 11.5 Å². The van der Waals surface area contributed by atoms with Gasteiger partial charge in [0, 0.05) is 18.7 Å². The summed E-state index contributed by atoms with van der Waals surface area (Å²) < 4.78 is 43.4. The van der Waals surface area contributed by atoms with E-state index in [0.29, 0.717) is 36.9 Å². The Kier molecular flexibility index (Phi) is 9.78. The number of sulfonamides is 1. The molecule has 2 aromatic carbocycles. The number of carbonyl (C=O) groups is 2. The van der Waals surface area contributed by atoms with Crippen LogP contribution in [0.1, 0.15) is 51.0 Å². The molecule has 0 bridgehead atoms. The quantitative estimate of drug-likeness (QED) is 0.438. The Hall–Kier alpha value is -3.47. The first kappa shape index (κ1) is 29.5. The van der Waals surface area contributed by atoms with Crippen molar-refractivity contribution in [2.24, 2.45) is 0 Å². The van der Waals surface area contributed by atoms with Gasteiger partial charge in [0.1, 0.15) is 31.5 Å². The molecule has 2 amide bonds. The van der Waals surface area contributed by atoms with Crippen LogP contribution in [0.3, 0.4) is 0 Å². The molecule has 1 aliphatic carbocycles. The minimum atomic E-state index is -3.86. The molecule has 1 aliphatic heterocycles. The van der Waals surface area contributed by atoms with Crippen LogP contribution in [-0.4, -0.2) is 70.3 Å². The lowest BCUT2D eigenvalue weighted by Gasteiger charge is -2.34. The largest absolute Gasteiger partial charge is 0.497 e. The molecule has 0 aromatic heterocycles. The molecule has 10 nitrogen and oxygen atoms in total. The number of benzene rings is 2. The maximum Gasteiger partial charge on any atom is 0.244 e. The Morgan fingerprint density at radius 2 is 1.77 bits per heavy atom. The van der Waals surface area contributed by atoms with E-state index in [1.54, 1.807) is 37.4 Å². The second kappa shape index (κ2) is 13.3. The van der Waals surface area contributed by atoms with E-state index in [0.717, 1.165) is 48.2 Å². The van der Waals surface area contributed by atoms with Crippen molar-refractivity contribution in [2.45, 2.75) is 64.1 Å². The van der Waals surface area contributed by atoms with Crippen molar-refractivity contribution >= 4 is 27.5 Å². The van der Waals surface area contributed by atoms with E-state index in [4.69, 9.17) is 14.2 Å². The first-order chi connectivity index (χ1) is 19.2. The van der Waals surface area contributed by atoms with Crippen molar-refractivity contribution in [1.29, 1.82) is 0 Å². The lowest BCUT2D eigenvalue weighted by molar-refractivity contribution is -0.140. The molecule has 1 saturated carbocycles. The van der Waals surface area contributed by atoms with Gasteiger partial charge in [-0.05, 0) is 49.1 Å². The number of anilines is 1. The zero-order chi connectivity index (χ0) is 28.7. The SMILES string of the molecule is CCC(C(=O)NC1CCCCC1)N(Cc1cccc(OC)c1)C(=O)CN(c1ccc2c(c1)OCCO2)S(C)(=O)=O. The second-order valence-corrected chi connectivity index (χ2v) is 12.1. The predicted molar refractivity (Wildman–Crippen MR) is 152 cm³/mol. The monoisotopic (exact) mass is 573 g/mol. The maximum atomic E-state index is 14.0. The molecule has 1 atom stereocenters. The fraction of sp³-hybridized carbons (Fsp3) is 0.517. The molecular formula is C29H39N3O7S. The van der Waals surface area contributed by atoms with Crippen molar-refractivity contribution in [3.8, 4) is 17.2 Å². The fourth-order valence-corrected chi connectivity index (χ4v) is 6.07. The van der Waals surface area contributed by atoms with E-state index >= 15 is 0 Å². The van der Waals surface area contributed by atoms with Crippen LogP contribution in [0, 0.1) is 0 Å². The zero-order valence-electron chi connectivity index (χ0n) is 23.4. The number of hydrogen-bond acceptors (Lipinski definition) is 7. The number of methoxy groups -OCH3 is 1. The van der Waals surface area contributed by atoms with Gasteiger partial charge >= 0.3 is 0 Å². The molecule has 2 aliphatic rings. The molecule has 11 heteroatoms. The van der Waals surface area contributed by atoms with Crippen LogP contribution < -0.4 is 23.8 Å². The van der Waals surface area contributed by atoms with E-state index in [1.807, 2.05) is 19.1 Å².